The smallest absolute Gasteiger partial charge is 0.189 e. The van der Waals surface area contributed by atoms with Gasteiger partial charge in [0, 0.05) is 22.3 Å². The first-order chi connectivity index (χ1) is 14.0. The highest BCUT2D eigenvalue weighted by atomic mass is 79.9. The van der Waals surface area contributed by atoms with Crippen molar-refractivity contribution in [3.8, 4) is 11.5 Å². The summed E-state index contributed by atoms with van der Waals surface area (Å²) in [6.07, 6.45) is 4.99. The average molecular weight is 455 g/mol. The van der Waals surface area contributed by atoms with Crippen LogP contribution in [0, 0.1) is 6.92 Å². The van der Waals surface area contributed by atoms with Crippen LogP contribution in [0.15, 0.2) is 59.2 Å². The molecule has 0 N–H and O–H groups in total. The molecule has 3 rings (SSSR count). The second kappa shape index (κ2) is 9.56. The summed E-state index contributed by atoms with van der Waals surface area (Å²) in [6, 6.07) is 13.4. The number of hydrogen-bond donors (Lipinski definition) is 0. The van der Waals surface area contributed by atoms with Gasteiger partial charge in [-0.05, 0) is 55.8 Å². The van der Waals surface area contributed by atoms with Crippen LogP contribution in [-0.4, -0.2) is 22.7 Å². The van der Waals surface area contributed by atoms with Crippen LogP contribution in [0.1, 0.15) is 34.1 Å². The third kappa shape index (κ3) is 5.15. The summed E-state index contributed by atoms with van der Waals surface area (Å²) < 4.78 is 14.1. The summed E-state index contributed by atoms with van der Waals surface area (Å²) in [5, 5.41) is 4.23. The normalized spacial score (nSPS) is 11.0. The Morgan fingerprint density at radius 1 is 1.24 bits per heavy atom. The lowest BCUT2D eigenvalue weighted by Crippen LogP contribution is -2.02. The van der Waals surface area contributed by atoms with Crippen LogP contribution in [0.5, 0.6) is 11.5 Å². The first-order valence-electron chi connectivity index (χ1n) is 9.32. The molecule has 0 saturated carbocycles. The van der Waals surface area contributed by atoms with E-state index in [0.717, 1.165) is 39.3 Å². The molecular weight excluding hydrogens is 432 g/mol. The Balaban J connectivity index is 1.76. The van der Waals surface area contributed by atoms with Crippen LogP contribution in [0.2, 0.25) is 0 Å². The van der Waals surface area contributed by atoms with Crippen LogP contribution in [0.25, 0.3) is 6.08 Å². The quantitative estimate of drug-likeness (QED) is 0.335. The van der Waals surface area contributed by atoms with Crippen molar-refractivity contribution < 1.29 is 14.3 Å². The number of aromatic nitrogens is 2. The number of carbonyl (C=O) groups excluding carboxylic acids is 1. The Labute approximate surface area is 179 Å². The van der Waals surface area contributed by atoms with Gasteiger partial charge in [-0.2, -0.15) is 5.10 Å². The zero-order valence-electron chi connectivity index (χ0n) is 16.7. The lowest BCUT2D eigenvalue weighted by Gasteiger charge is -2.11. The summed E-state index contributed by atoms with van der Waals surface area (Å²) in [6.45, 7) is 5.00. The topological polar surface area (TPSA) is 53.4 Å². The van der Waals surface area contributed by atoms with Gasteiger partial charge in [-0.1, -0.05) is 34.1 Å². The molecule has 0 bridgehead atoms. The van der Waals surface area contributed by atoms with E-state index < -0.39 is 0 Å². The maximum Gasteiger partial charge on any atom is 0.189 e. The molecule has 29 heavy (non-hydrogen) atoms. The molecule has 0 atom stereocenters. The van der Waals surface area contributed by atoms with Gasteiger partial charge in [-0.3, -0.25) is 9.48 Å². The molecule has 150 valence electrons. The molecule has 0 aliphatic rings. The van der Waals surface area contributed by atoms with Gasteiger partial charge < -0.3 is 9.47 Å². The van der Waals surface area contributed by atoms with Crippen molar-refractivity contribution in [2.24, 2.45) is 0 Å². The van der Waals surface area contributed by atoms with Crippen LogP contribution in [0.3, 0.4) is 0 Å². The lowest BCUT2D eigenvalue weighted by atomic mass is 10.1. The molecule has 0 aliphatic heterocycles. The molecule has 0 spiro atoms. The number of hydrogen-bond acceptors (Lipinski definition) is 4. The number of carbonyl (C=O) groups is 1. The monoisotopic (exact) mass is 454 g/mol. The number of aryl methyl sites for hydroxylation is 1. The third-order valence-corrected chi connectivity index (χ3v) is 5.08. The maximum atomic E-state index is 12.5. The van der Waals surface area contributed by atoms with Gasteiger partial charge >= 0.3 is 0 Å². The van der Waals surface area contributed by atoms with Crippen molar-refractivity contribution in [2.75, 3.05) is 7.11 Å². The molecule has 5 nitrogen and oxygen atoms in total. The van der Waals surface area contributed by atoms with Crippen LogP contribution >= 0.6 is 15.9 Å². The summed E-state index contributed by atoms with van der Waals surface area (Å²) in [5.74, 6) is 1.44. The van der Waals surface area contributed by atoms with Crippen molar-refractivity contribution >= 4 is 27.8 Å². The third-order valence-electron chi connectivity index (χ3n) is 4.59. The van der Waals surface area contributed by atoms with E-state index >= 15 is 0 Å². The zero-order valence-corrected chi connectivity index (χ0v) is 18.3. The van der Waals surface area contributed by atoms with Gasteiger partial charge in [0.1, 0.15) is 18.1 Å². The number of benzene rings is 2. The standard InChI is InChI=1S/C23H23BrN2O3/c1-4-26-16(2)21(14-25-26)22(27)10-8-17-9-11-23(28-3)18(12-17)15-29-20-7-5-6-19(24)13-20/h5-14H,4,15H2,1-3H3/b10-8+. The number of ether oxygens (including phenoxy) is 2. The van der Waals surface area contributed by atoms with Crippen molar-refractivity contribution in [3.05, 3.63) is 81.6 Å². The van der Waals surface area contributed by atoms with Crippen LogP contribution in [0.4, 0.5) is 0 Å². The van der Waals surface area contributed by atoms with Gasteiger partial charge in [-0.25, -0.2) is 0 Å². The Hall–Kier alpha value is -2.86. The van der Waals surface area contributed by atoms with Gasteiger partial charge in [0.15, 0.2) is 5.78 Å². The van der Waals surface area contributed by atoms with E-state index in [0.29, 0.717) is 12.2 Å². The molecule has 0 fully saturated rings. The Morgan fingerprint density at radius 3 is 2.76 bits per heavy atom. The Bertz CT molecular complexity index is 1040. The predicted molar refractivity (Wildman–Crippen MR) is 117 cm³/mol. The maximum absolute atomic E-state index is 12.5. The average Bonchev–Trinajstić information content (AvgIpc) is 3.11. The largest absolute Gasteiger partial charge is 0.496 e. The molecule has 0 amide bonds. The lowest BCUT2D eigenvalue weighted by molar-refractivity contribution is 0.104. The number of ketones is 1. The summed E-state index contributed by atoms with van der Waals surface area (Å²) in [7, 11) is 1.63. The molecule has 2 aromatic carbocycles. The second-order valence-electron chi connectivity index (χ2n) is 6.47. The Morgan fingerprint density at radius 2 is 2.07 bits per heavy atom. The van der Waals surface area contributed by atoms with Crippen molar-refractivity contribution in [1.82, 2.24) is 9.78 Å². The van der Waals surface area contributed by atoms with E-state index in [1.54, 1.807) is 25.5 Å². The summed E-state index contributed by atoms with van der Waals surface area (Å²) >= 11 is 3.44. The number of nitrogens with zero attached hydrogens (tertiary/aromatic N) is 2. The molecular formula is C23H23BrN2O3. The molecule has 1 heterocycles. The van der Waals surface area contributed by atoms with E-state index in [9.17, 15) is 4.79 Å². The molecule has 0 unspecified atom stereocenters. The molecule has 6 heteroatoms. The van der Waals surface area contributed by atoms with Crippen LogP contribution in [-0.2, 0) is 13.2 Å². The zero-order chi connectivity index (χ0) is 20.8. The first kappa shape index (κ1) is 20.9. The SMILES string of the molecule is CCn1ncc(C(=O)/C=C/c2ccc(OC)c(COc3cccc(Br)c3)c2)c1C. The van der Waals surface area contributed by atoms with Crippen molar-refractivity contribution in [3.63, 3.8) is 0 Å². The van der Waals surface area contributed by atoms with E-state index in [4.69, 9.17) is 9.47 Å². The fourth-order valence-electron chi connectivity index (χ4n) is 3.00. The fourth-order valence-corrected chi connectivity index (χ4v) is 3.38. The highest BCUT2D eigenvalue weighted by Crippen LogP contribution is 2.24. The van der Waals surface area contributed by atoms with Crippen molar-refractivity contribution in [1.29, 1.82) is 0 Å². The number of methoxy groups -OCH3 is 1. The molecule has 0 aliphatic carbocycles. The fraction of sp³-hybridized carbons (Fsp3) is 0.217. The van der Waals surface area contributed by atoms with Crippen molar-refractivity contribution in [2.45, 2.75) is 27.0 Å². The summed E-state index contributed by atoms with van der Waals surface area (Å²) in [4.78, 5) is 12.5. The molecule has 0 saturated heterocycles. The van der Waals surface area contributed by atoms with Crippen LogP contribution < -0.4 is 9.47 Å². The van der Waals surface area contributed by atoms with E-state index in [1.807, 2.05) is 61.0 Å². The summed E-state index contributed by atoms with van der Waals surface area (Å²) in [5.41, 5.74) is 3.29. The van der Waals surface area contributed by atoms with E-state index in [1.165, 1.54) is 0 Å². The van der Waals surface area contributed by atoms with Gasteiger partial charge in [-0.15, -0.1) is 0 Å². The van der Waals surface area contributed by atoms with Gasteiger partial charge in [0.2, 0.25) is 0 Å². The highest BCUT2D eigenvalue weighted by Gasteiger charge is 2.11. The number of rotatable bonds is 8. The van der Waals surface area contributed by atoms with E-state index in [-0.39, 0.29) is 5.78 Å². The number of allylic oxidation sites excluding steroid dienone is 1. The van der Waals surface area contributed by atoms with Gasteiger partial charge in [0.25, 0.3) is 0 Å². The molecule has 1 aromatic heterocycles. The Kier molecular flexibility index (Phi) is 6.88. The van der Waals surface area contributed by atoms with Gasteiger partial charge in [0.05, 0.1) is 18.9 Å². The first-order valence-corrected chi connectivity index (χ1v) is 10.1. The minimum absolute atomic E-state index is 0.0649. The molecule has 0 radical (unpaired) electrons. The second-order valence-corrected chi connectivity index (χ2v) is 7.39. The number of halogens is 1. The minimum atomic E-state index is -0.0649. The minimum Gasteiger partial charge on any atom is -0.496 e. The van der Waals surface area contributed by atoms with E-state index in [2.05, 4.69) is 21.0 Å². The highest BCUT2D eigenvalue weighted by molar-refractivity contribution is 9.10. The molecule has 3 aromatic rings. The predicted octanol–water partition coefficient (Wildman–Crippen LogP) is 5.46.